The second kappa shape index (κ2) is 8.61. The van der Waals surface area contributed by atoms with E-state index < -0.39 is 0 Å². The molecule has 3 nitrogen and oxygen atoms in total. The molecular formula is C18H20O3S. The van der Waals surface area contributed by atoms with Gasteiger partial charge in [0.25, 0.3) is 0 Å². The van der Waals surface area contributed by atoms with Crippen LogP contribution in [-0.4, -0.2) is 17.7 Å². The molecule has 2 aromatic carbocycles. The fourth-order valence-corrected chi connectivity index (χ4v) is 2.94. The number of rotatable bonds is 7. The summed E-state index contributed by atoms with van der Waals surface area (Å²) in [5.41, 5.74) is 3.95. The van der Waals surface area contributed by atoms with Crippen molar-refractivity contribution in [3.63, 3.8) is 0 Å². The lowest BCUT2D eigenvalue weighted by molar-refractivity contribution is 0.0526. The van der Waals surface area contributed by atoms with Crippen molar-refractivity contribution in [2.24, 2.45) is 0 Å². The first kappa shape index (κ1) is 16.6. The molecule has 2 rings (SSSR count). The second-order valence-corrected chi connectivity index (χ2v) is 5.87. The van der Waals surface area contributed by atoms with Gasteiger partial charge in [-0.05, 0) is 35.7 Å². The van der Waals surface area contributed by atoms with Crippen LogP contribution in [0, 0.1) is 0 Å². The summed E-state index contributed by atoms with van der Waals surface area (Å²) in [6.45, 7) is 2.28. The molecule has 0 unspecified atom stereocenters. The summed E-state index contributed by atoms with van der Waals surface area (Å²) < 4.78 is 4.96. The SMILES string of the molecule is CCOC(=O)c1ccc(CSCc2ccc(CO)cc2)cc1. The zero-order valence-corrected chi connectivity index (χ0v) is 13.4. The number of aliphatic hydroxyl groups excluding tert-OH is 1. The zero-order chi connectivity index (χ0) is 15.8. The van der Waals surface area contributed by atoms with E-state index in [2.05, 4.69) is 0 Å². The van der Waals surface area contributed by atoms with Gasteiger partial charge in [-0.25, -0.2) is 4.79 Å². The van der Waals surface area contributed by atoms with Gasteiger partial charge in [-0.3, -0.25) is 0 Å². The Morgan fingerprint density at radius 2 is 1.45 bits per heavy atom. The average molecular weight is 316 g/mol. The molecule has 0 atom stereocenters. The van der Waals surface area contributed by atoms with Gasteiger partial charge in [-0.2, -0.15) is 11.8 Å². The van der Waals surface area contributed by atoms with Crippen molar-refractivity contribution >= 4 is 17.7 Å². The molecule has 0 saturated heterocycles. The van der Waals surface area contributed by atoms with E-state index in [1.54, 1.807) is 6.92 Å². The van der Waals surface area contributed by atoms with Gasteiger partial charge in [-0.1, -0.05) is 36.4 Å². The van der Waals surface area contributed by atoms with Crippen LogP contribution in [0.1, 0.15) is 34.0 Å². The first-order chi connectivity index (χ1) is 10.7. The first-order valence-electron chi connectivity index (χ1n) is 7.25. The second-order valence-electron chi connectivity index (χ2n) is 4.88. The van der Waals surface area contributed by atoms with Crippen molar-refractivity contribution < 1.29 is 14.6 Å². The third-order valence-electron chi connectivity index (χ3n) is 3.21. The van der Waals surface area contributed by atoms with Crippen molar-refractivity contribution in [1.82, 2.24) is 0 Å². The maximum absolute atomic E-state index is 11.6. The van der Waals surface area contributed by atoms with Gasteiger partial charge in [-0.15, -0.1) is 0 Å². The standard InChI is InChI=1S/C18H20O3S/c1-2-21-18(20)17-9-7-16(8-10-17)13-22-12-15-5-3-14(11-19)4-6-15/h3-10,19H,2,11-13H2,1H3. The van der Waals surface area contributed by atoms with E-state index in [1.165, 1.54) is 11.1 Å². The number of carbonyl (C=O) groups is 1. The molecule has 0 heterocycles. The third kappa shape index (κ3) is 4.90. The maximum atomic E-state index is 11.6. The van der Waals surface area contributed by atoms with Crippen molar-refractivity contribution in [3.05, 3.63) is 70.8 Å². The van der Waals surface area contributed by atoms with Crippen LogP contribution in [0.25, 0.3) is 0 Å². The first-order valence-corrected chi connectivity index (χ1v) is 8.41. The van der Waals surface area contributed by atoms with Crippen LogP contribution in [0.3, 0.4) is 0 Å². The molecule has 0 bridgehead atoms. The van der Waals surface area contributed by atoms with Crippen molar-refractivity contribution in [3.8, 4) is 0 Å². The highest BCUT2D eigenvalue weighted by Gasteiger charge is 2.05. The van der Waals surface area contributed by atoms with Crippen LogP contribution in [0.5, 0.6) is 0 Å². The number of hydrogen-bond donors (Lipinski definition) is 1. The number of benzene rings is 2. The van der Waals surface area contributed by atoms with Gasteiger partial charge in [0.2, 0.25) is 0 Å². The third-order valence-corrected chi connectivity index (χ3v) is 4.28. The van der Waals surface area contributed by atoms with Crippen molar-refractivity contribution in [2.45, 2.75) is 25.0 Å². The van der Waals surface area contributed by atoms with Crippen LogP contribution in [0.4, 0.5) is 0 Å². The van der Waals surface area contributed by atoms with Crippen molar-refractivity contribution in [1.29, 1.82) is 0 Å². The smallest absolute Gasteiger partial charge is 0.338 e. The number of esters is 1. The Hall–Kier alpha value is -1.78. The van der Waals surface area contributed by atoms with Crippen LogP contribution < -0.4 is 0 Å². The summed E-state index contributed by atoms with van der Waals surface area (Å²) in [5.74, 6) is 1.54. The molecule has 0 aliphatic rings. The molecule has 0 aromatic heterocycles. The molecule has 0 aliphatic carbocycles. The molecule has 0 spiro atoms. The summed E-state index contributed by atoms with van der Waals surface area (Å²) in [4.78, 5) is 11.6. The van der Waals surface area contributed by atoms with Gasteiger partial charge in [0.05, 0.1) is 18.8 Å². The summed E-state index contributed by atoms with van der Waals surface area (Å²) in [6, 6.07) is 15.5. The van der Waals surface area contributed by atoms with E-state index in [0.717, 1.165) is 17.1 Å². The topological polar surface area (TPSA) is 46.5 Å². The summed E-state index contributed by atoms with van der Waals surface area (Å²) >= 11 is 1.82. The predicted octanol–water partition coefficient (Wildman–Crippen LogP) is 3.79. The Morgan fingerprint density at radius 3 is 1.95 bits per heavy atom. The summed E-state index contributed by atoms with van der Waals surface area (Å²) in [6.07, 6.45) is 0. The lowest BCUT2D eigenvalue weighted by atomic mass is 10.1. The lowest BCUT2D eigenvalue weighted by Crippen LogP contribution is -2.04. The molecule has 0 radical (unpaired) electrons. The fraction of sp³-hybridized carbons (Fsp3) is 0.278. The number of carbonyl (C=O) groups excluding carboxylic acids is 1. The molecule has 0 fully saturated rings. The quantitative estimate of drug-likeness (QED) is 0.790. The highest BCUT2D eigenvalue weighted by atomic mass is 32.2. The normalized spacial score (nSPS) is 10.5. The molecule has 116 valence electrons. The zero-order valence-electron chi connectivity index (χ0n) is 12.6. The Morgan fingerprint density at radius 1 is 0.955 bits per heavy atom. The molecule has 0 amide bonds. The molecule has 0 saturated carbocycles. The van der Waals surface area contributed by atoms with Crippen LogP contribution in [0.2, 0.25) is 0 Å². The van der Waals surface area contributed by atoms with Gasteiger partial charge in [0, 0.05) is 11.5 Å². The number of ether oxygens (including phenoxy) is 1. The lowest BCUT2D eigenvalue weighted by Gasteiger charge is -2.05. The number of aliphatic hydroxyl groups is 1. The van der Waals surface area contributed by atoms with Gasteiger partial charge < -0.3 is 9.84 Å². The monoisotopic (exact) mass is 316 g/mol. The Balaban J connectivity index is 1.82. The minimum Gasteiger partial charge on any atom is -0.462 e. The van der Waals surface area contributed by atoms with Crippen molar-refractivity contribution in [2.75, 3.05) is 6.61 Å². The van der Waals surface area contributed by atoms with Gasteiger partial charge >= 0.3 is 5.97 Å². The number of thioether (sulfide) groups is 1. The molecule has 2 aromatic rings. The van der Waals surface area contributed by atoms with Crippen LogP contribution in [0.15, 0.2) is 48.5 Å². The minimum atomic E-state index is -0.273. The molecule has 22 heavy (non-hydrogen) atoms. The summed E-state index contributed by atoms with van der Waals surface area (Å²) in [5, 5.41) is 9.01. The van der Waals surface area contributed by atoms with E-state index >= 15 is 0 Å². The highest BCUT2D eigenvalue weighted by Crippen LogP contribution is 2.19. The highest BCUT2D eigenvalue weighted by molar-refractivity contribution is 7.97. The van der Waals surface area contributed by atoms with Gasteiger partial charge in [0.1, 0.15) is 0 Å². The Labute approximate surface area is 135 Å². The molecule has 4 heteroatoms. The Bertz CT molecular complexity index is 591. The average Bonchev–Trinajstić information content (AvgIpc) is 2.56. The van der Waals surface area contributed by atoms with E-state index in [0.29, 0.717) is 12.2 Å². The summed E-state index contributed by atoms with van der Waals surface area (Å²) in [7, 11) is 0. The van der Waals surface area contributed by atoms with Gasteiger partial charge in [0.15, 0.2) is 0 Å². The predicted molar refractivity (Wildman–Crippen MR) is 89.8 cm³/mol. The van der Waals surface area contributed by atoms with Crippen LogP contribution in [-0.2, 0) is 22.8 Å². The van der Waals surface area contributed by atoms with E-state index in [1.807, 2.05) is 60.3 Å². The van der Waals surface area contributed by atoms with E-state index in [9.17, 15) is 4.79 Å². The Kier molecular flexibility index (Phi) is 6.49. The number of hydrogen-bond acceptors (Lipinski definition) is 4. The van der Waals surface area contributed by atoms with Crippen LogP contribution >= 0.6 is 11.8 Å². The maximum Gasteiger partial charge on any atom is 0.338 e. The largest absolute Gasteiger partial charge is 0.462 e. The van der Waals surface area contributed by atoms with E-state index in [4.69, 9.17) is 9.84 Å². The minimum absolute atomic E-state index is 0.0836. The molecule has 0 aliphatic heterocycles. The molecular weight excluding hydrogens is 296 g/mol. The molecule has 1 N–H and O–H groups in total. The van der Waals surface area contributed by atoms with E-state index in [-0.39, 0.29) is 12.6 Å². The fourth-order valence-electron chi connectivity index (χ4n) is 1.98.